The second-order valence-corrected chi connectivity index (χ2v) is 5.58. The lowest BCUT2D eigenvalue weighted by molar-refractivity contribution is 0.203. The van der Waals surface area contributed by atoms with Gasteiger partial charge < -0.3 is 9.47 Å². The molecular weight excluding hydrogens is 248 g/mol. The van der Waals surface area contributed by atoms with Crippen molar-refractivity contribution in [2.45, 2.75) is 26.2 Å². The second-order valence-electron chi connectivity index (χ2n) is 5.31. The van der Waals surface area contributed by atoms with Gasteiger partial charge in [0.25, 0.3) is 0 Å². The zero-order valence-corrected chi connectivity index (χ0v) is 11.9. The molecule has 0 aliphatic heterocycles. The normalized spacial score (nSPS) is 18.2. The quantitative estimate of drug-likeness (QED) is 0.693. The Bertz CT molecular complexity index is 390. The number of rotatable bonds is 7. The highest BCUT2D eigenvalue weighted by Gasteiger charge is 2.40. The topological polar surface area (TPSA) is 18.5 Å². The average Bonchev–Trinajstić information content (AvgIpc) is 3.24. The third-order valence-corrected chi connectivity index (χ3v) is 4.48. The third kappa shape index (κ3) is 3.11. The first-order chi connectivity index (χ1) is 8.69. The molecule has 1 aliphatic rings. The van der Waals surface area contributed by atoms with Gasteiger partial charge in [0, 0.05) is 5.88 Å². The van der Waals surface area contributed by atoms with E-state index in [4.69, 9.17) is 21.1 Å². The molecule has 0 amide bonds. The van der Waals surface area contributed by atoms with Crippen LogP contribution in [0.1, 0.15) is 26.2 Å². The predicted octanol–water partition coefficient (Wildman–Crippen LogP) is 4.12. The van der Waals surface area contributed by atoms with E-state index in [2.05, 4.69) is 6.92 Å². The van der Waals surface area contributed by atoms with E-state index in [1.54, 1.807) is 7.11 Å². The number of benzene rings is 1. The van der Waals surface area contributed by atoms with Crippen molar-refractivity contribution < 1.29 is 9.47 Å². The van der Waals surface area contributed by atoms with Crippen LogP contribution >= 0.6 is 11.6 Å². The van der Waals surface area contributed by atoms with E-state index >= 15 is 0 Å². The van der Waals surface area contributed by atoms with Gasteiger partial charge in [-0.3, -0.25) is 0 Å². The van der Waals surface area contributed by atoms with Gasteiger partial charge >= 0.3 is 0 Å². The SMILES string of the molecule is COc1ccccc1OCCC(C)(CCl)C1CC1. The molecule has 1 unspecified atom stereocenters. The van der Waals surface area contributed by atoms with Crippen molar-refractivity contribution in [3.8, 4) is 11.5 Å². The van der Waals surface area contributed by atoms with Crippen LogP contribution in [0.4, 0.5) is 0 Å². The average molecular weight is 269 g/mol. The van der Waals surface area contributed by atoms with Gasteiger partial charge in [0.15, 0.2) is 11.5 Å². The van der Waals surface area contributed by atoms with Gasteiger partial charge in [0.2, 0.25) is 0 Å². The molecule has 18 heavy (non-hydrogen) atoms. The van der Waals surface area contributed by atoms with Crippen LogP contribution in [0.3, 0.4) is 0 Å². The van der Waals surface area contributed by atoms with Crippen LogP contribution in [0, 0.1) is 11.3 Å². The molecule has 1 aromatic rings. The van der Waals surface area contributed by atoms with Crippen molar-refractivity contribution in [1.82, 2.24) is 0 Å². The van der Waals surface area contributed by atoms with E-state index in [0.29, 0.717) is 12.5 Å². The van der Waals surface area contributed by atoms with Crippen LogP contribution in [0.25, 0.3) is 0 Å². The van der Waals surface area contributed by atoms with E-state index in [-0.39, 0.29) is 5.41 Å². The van der Waals surface area contributed by atoms with Gasteiger partial charge in [-0.1, -0.05) is 19.1 Å². The monoisotopic (exact) mass is 268 g/mol. The lowest BCUT2D eigenvalue weighted by Gasteiger charge is -2.27. The number of hydrogen-bond acceptors (Lipinski definition) is 2. The highest BCUT2D eigenvalue weighted by Crippen LogP contribution is 2.48. The predicted molar refractivity (Wildman–Crippen MR) is 74.7 cm³/mol. The molecule has 1 aliphatic carbocycles. The van der Waals surface area contributed by atoms with Crippen LogP contribution in [-0.4, -0.2) is 19.6 Å². The second kappa shape index (κ2) is 5.83. The Hall–Kier alpha value is -0.890. The molecule has 3 heteroatoms. The van der Waals surface area contributed by atoms with Crippen LogP contribution in [-0.2, 0) is 0 Å². The highest BCUT2D eigenvalue weighted by atomic mass is 35.5. The molecule has 0 spiro atoms. The fourth-order valence-electron chi connectivity index (χ4n) is 2.29. The maximum Gasteiger partial charge on any atom is 0.161 e. The Morgan fingerprint density at radius 1 is 1.28 bits per heavy atom. The summed E-state index contributed by atoms with van der Waals surface area (Å²) in [5, 5.41) is 0. The molecule has 1 atom stereocenters. The largest absolute Gasteiger partial charge is 0.493 e. The molecule has 1 fully saturated rings. The number of alkyl halides is 1. The first kappa shape index (κ1) is 13.5. The molecular formula is C15H21ClO2. The van der Waals surface area contributed by atoms with Gasteiger partial charge in [0.05, 0.1) is 13.7 Å². The van der Waals surface area contributed by atoms with E-state index in [1.165, 1.54) is 12.8 Å². The maximum atomic E-state index is 6.10. The van der Waals surface area contributed by atoms with E-state index in [0.717, 1.165) is 23.8 Å². The Labute approximate surface area is 114 Å². The highest BCUT2D eigenvalue weighted by molar-refractivity contribution is 6.18. The van der Waals surface area contributed by atoms with E-state index in [1.807, 2.05) is 24.3 Å². The Morgan fingerprint density at radius 3 is 2.50 bits per heavy atom. The molecule has 1 saturated carbocycles. The maximum absolute atomic E-state index is 6.10. The molecule has 2 nitrogen and oxygen atoms in total. The van der Waals surface area contributed by atoms with E-state index in [9.17, 15) is 0 Å². The number of hydrogen-bond donors (Lipinski definition) is 0. The van der Waals surface area contributed by atoms with Crippen molar-refractivity contribution in [1.29, 1.82) is 0 Å². The fraction of sp³-hybridized carbons (Fsp3) is 0.600. The molecule has 0 aromatic heterocycles. The molecule has 0 radical (unpaired) electrons. The standard InChI is InChI=1S/C15H21ClO2/c1-15(11-16,12-7-8-12)9-10-18-14-6-4-3-5-13(14)17-2/h3-6,12H,7-11H2,1-2H3. The van der Waals surface area contributed by atoms with Crippen molar-refractivity contribution in [2.24, 2.45) is 11.3 Å². The van der Waals surface area contributed by atoms with Gasteiger partial charge in [0.1, 0.15) is 0 Å². The summed E-state index contributed by atoms with van der Waals surface area (Å²) in [5.74, 6) is 3.10. The Kier molecular flexibility index (Phi) is 4.39. The fourth-order valence-corrected chi connectivity index (χ4v) is 2.64. The lowest BCUT2D eigenvalue weighted by atomic mass is 9.84. The molecule has 0 heterocycles. The van der Waals surface area contributed by atoms with Crippen LogP contribution in [0.15, 0.2) is 24.3 Å². The minimum atomic E-state index is 0.226. The summed E-state index contributed by atoms with van der Waals surface area (Å²) in [7, 11) is 1.66. The summed E-state index contributed by atoms with van der Waals surface area (Å²) >= 11 is 6.10. The first-order valence-corrected chi connectivity index (χ1v) is 7.05. The molecule has 1 aromatic carbocycles. The van der Waals surface area contributed by atoms with Crippen molar-refractivity contribution in [3.05, 3.63) is 24.3 Å². The van der Waals surface area contributed by atoms with Crippen LogP contribution in [0.5, 0.6) is 11.5 Å². The number of methoxy groups -OCH3 is 1. The summed E-state index contributed by atoms with van der Waals surface area (Å²) in [6.07, 6.45) is 3.63. The summed E-state index contributed by atoms with van der Waals surface area (Å²) in [4.78, 5) is 0. The van der Waals surface area contributed by atoms with Crippen molar-refractivity contribution in [2.75, 3.05) is 19.6 Å². The zero-order valence-electron chi connectivity index (χ0n) is 11.1. The molecule has 0 bridgehead atoms. The van der Waals surface area contributed by atoms with Gasteiger partial charge in [-0.15, -0.1) is 11.6 Å². The summed E-state index contributed by atoms with van der Waals surface area (Å²) < 4.78 is 11.1. The smallest absolute Gasteiger partial charge is 0.161 e. The summed E-state index contributed by atoms with van der Waals surface area (Å²) in [5.41, 5.74) is 0.226. The number of ether oxygens (including phenoxy) is 2. The lowest BCUT2D eigenvalue weighted by Crippen LogP contribution is -2.24. The summed E-state index contributed by atoms with van der Waals surface area (Å²) in [6.45, 7) is 2.96. The summed E-state index contributed by atoms with van der Waals surface area (Å²) in [6, 6.07) is 7.75. The Balaban J connectivity index is 1.87. The first-order valence-electron chi connectivity index (χ1n) is 6.51. The Morgan fingerprint density at radius 2 is 1.94 bits per heavy atom. The molecule has 0 saturated heterocycles. The van der Waals surface area contributed by atoms with Gasteiger partial charge in [-0.2, -0.15) is 0 Å². The van der Waals surface area contributed by atoms with Gasteiger partial charge in [-0.25, -0.2) is 0 Å². The zero-order chi connectivity index (χ0) is 13.0. The van der Waals surface area contributed by atoms with E-state index < -0.39 is 0 Å². The third-order valence-electron chi connectivity index (χ3n) is 3.87. The minimum Gasteiger partial charge on any atom is -0.493 e. The van der Waals surface area contributed by atoms with Crippen LogP contribution < -0.4 is 9.47 Å². The molecule has 2 rings (SSSR count). The molecule has 100 valence electrons. The van der Waals surface area contributed by atoms with Gasteiger partial charge in [-0.05, 0) is 42.7 Å². The molecule has 0 N–H and O–H groups in total. The van der Waals surface area contributed by atoms with Crippen molar-refractivity contribution in [3.63, 3.8) is 0 Å². The van der Waals surface area contributed by atoms with Crippen molar-refractivity contribution >= 4 is 11.6 Å². The number of halogens is 1. The minimum absolute atomic E-state index is 0.226. The number of para-hydroxylation sites is 2. The van der Waals surface area contributed by atoms with Crippen LogP contribution in [0.2, 0.25) is 0 Å².